The predicted octanol–water partition coefficient (Wildman–Crippen LogP) is 4.41. The zero-order chi connectivity index (χ0) is 16.1. The third-order valence-corrected chi connectivity index (χ3v) is 3.24. The van der Waals surface area contributed by atoms with Gasteiger partial charge in [0.25, 0.3) is 0 Å². The van der Waals surface area contributed by atoms with Crippen LogP contribution in [0.25, 0.3) is 0 Å². The molecule has 3 nitrogen and oxygen atoms in total. The van der Waals surface area contributed by atoms with Gasteiger partial charge in [-0.25, -0.2) is 4.39 Å². The van der Waals surface area contributed by atoms with E-state index in [4.69, 9.17) is 16.4 Å². The molecular formula is C17H15ClFNO2. The molecule has 0 saturated carbocycles. The van der Waals surface area contributed by atoms with Crippen molar-refractivity contribution in [3.8, 4) is 5.75 Å². The highest BCUT2D eigenvalue weighted by Crippen LogP contribution is 2.19. The van der Waals surface area contributed by atoms with E-state index in [1.54, 1.807) is 25.1 Å². The van der Waals surface area contributed by atoms with Crippen LogP contribution in [0.3, 0.4) is 0 Å². The van der Waals surface area contributed by atoms with Gasteiger partial charge < -0.3 is 4.84 Å². The first kappa shape index (κ1) is 16.2. The maximum Gasteiger partial charge on any atom is 0.158 e. The summed E-state index contributed by atoms with van der Waals surface area (Å²) in [5, 5.41) is 4.58. The molecular weight excluding hydrogens is 305 g/mol. The molecule has 0 saturated heterocycles. The first-order valence-corrected chi connectivity index (χ1v) is 7.09. The lowest BCUT2D eigenvalue weighted by atomic mass is 10.00. The summed E-state index contributed by atoms with van der Waals surface area (Å²) in [6.07, 6.45) is 0.301. The fraction of sp³-hybridized carbons (Fsp3) is 0.176. The minimum Gasteiger partial charge on any atom is -0.357 e. The lowest BCUT2D eigenvalue weighted by Crippen LogP contribution is -2.06. The molecule has 0 N–H and O–H groups in total. The number of hydrogen-bond acceptors (Lipinski definition) is 3. The molecule has 0 fully saturated rings. The number of halogens is 2. The highest BCUT2D eigenvalue weighted by atomic mass is 35.5. The van der Waals surface area contributed by atoms with E-state index in [2.05, 4.69) is 5.16 Å². The second-order valence-corrected chi connectivity index (χ2v) is 5.34. The van der Waals surface area contributed by atoms with Crippen molar-refractivity contribution in [3.63, 3.8) is 0 Å². The van der Waals surface area contributed by atoms with Crippen molar-refractivity contribution in [3.05, 3.63) is 64.4 Å². The number of carbonyl (C=O) groups excluding carboxylic acids is 1. The van der Waals surface area contributed by atoms with Crippen LogP contribution in [0.2, 0.25) is 5.02 Å². The van der Waals surface area contributed by atoms with Gasteiger partial charge in [-0.05, 0) is 55.8 Å². The van der Waals surface area contributed by atoms with E-state index in [9.17, 15) is 9.18 Å². The molecule has 0 unspecified atom stereocenters. The Kier molecular flexibility index (Phi) is 5.28. The van der Waals surface area contributed by atoms with Gasteiger partial charge in [0.05, 0.1) is 5.71 Å². The van der Waals surface area contributed by atoms with Gasteiger partial charge in [-0.1, -0.05) is 22.8 Å². The van der Waals surface area contributed by atoms with E-state index in [0.717, 1.165) is 11.1 Å². The number of oxime groups is 1. The van der Waals surface area contributed by atoms with Gasteiger partial charge in [-0.15, -0.1) is 0 Å². The van der Waals surface area contributed by atoms with E-state index < -0.39 is 0 Å². The van der Waals surface area contributed by atoms with Crippen LogP contribution in [-0.2, 0) is 11.2 Å². The molecule has 0 atom stereocenters. The Morgan fingerprint density at radius 1 is 1.18 bits per heavy atom. The normalized spacial score (nSPS) is 11.4. The average molecular weight is 320 g/mol. The van der Waals surface area contributed by atoms with Crippen LogP contribution in [0.15, 0.2) is 47.6 Å². The van der Waals surface area contributed by atoms with Gasteiger partial charge in [0.1, 0.15) is 11.6 Å². The van der Waals surface area contributed by atoms with Crippen molar-refractivity contribution < 1.29 is 14.0 Å². The fourth-order valence-electron chi connectivity index (χ4n) is 1.97. The molecule has 0 spiro atoms. The smallest absolute Gasteiger partial charge is 0.158 e. The summed E-state index contributed by atoms with van der Waals surface area (Å²) in [6.45, 7) is 3.29. The van der Waals surface area contributed by atoms with Crippen LogP contribution in [0, 0.1) is 5.82 Å². The molecule has 0 radical (unpaired) electrons. The minimum atomic E-state index is -0.341. The summed E-state index contributed by atoms with van der Waals surface area (Å²) in [4.78, 5) is 16.6. The molecule has 2 aromatic carbocycles. The van der Waals surface area contributed by atoms with E-state index >= 15 is 0 Å². The molecule has 0 aliphatic rings. The van der Waals surface area contributed by atoms with Crippen molar-refractivity contribution in [2.75, 3.05) is 0 Å². The SMILES string of the molecule is CC(=O)Cc1ccc(Cl)cc1/C(C)=N\Oc1ccc(F)cc1. The first-order valence-electron chi connectivity index (χ1n) is 6.71. The third-order valence-electron chi connectivity index (χ3n) is 3.00. The number of carbonyl (C=O) groups is 1. The lowest BCUT2D eigenvalue weighted by molar-refractivity contribution is -0.116. The Balaban J connectivity index is 2.25. The highest BCUT2D eigenvalue weighted by molar-refractivity contribution is 6.31. The topological polar surface area (TPSA) is 38.7 Å². The molecule has 5 heteroatoms. The van der Waals surface area contributed by atoms with Crippen LogP contribution < -0.4 is 4.84 Å². The largest absolute Gasteiger partial charge is 0.357 e. The average Bonchev–Trinajstić information content (AvgIpc) is 2.48. The lowest BCUT2D eigenvalue weighted by Gasteiger charge is -2.08. The molecule has 2 rings (SSSR count). The van der Waals surface area contributed by atoms with Gasteiger partial charge >= 0.3 is 0 Å². The standard InChI is InChI=1S/C17H15ClFNO2/c1-11(21)9-13-3-4-14(18)10-17(13)12(2)20-22-16-7-5-15(19)6-8-16/h3-8,10H,9H2,1-2H3/b20-12-. The van der Waals surface area contributed by atoms with Gasteiger partial charge in [-0.3, -0.25) is 4.79 Å². The van der Waals surface area contributed by atoms with Gasteiger partial charge in [0.15, 0.2) is 5.75 Å². The van der Waals surface area contributed by atoms with Crippen molar-refractivity contribution >= 4 is 23.1 Å². The molecule has 0 aliphatic carbocycles. The Hall–Kier alpha value is -2.20. The van der Waals surface area contributed by atoms with Crippen LogP contribution in [0.1, 0.15) is 25.0 Å². The molecule has 0 aromatic heterocycles. The third kappa shape index (κ3) is 4.40. The summed E-state index contributed by atoms with van der Waals surface area (Å²) in [5.74, 6) is 0.137. The highest BCUT2D eigenvalue weighted by Gasteiger charge is 2.09. The van der Waals surface area contributed by atoms with Gasteiger partial charge in [-0.2, -0.15) is 0 Å². The second kappa shape index (κ2) is 7.18. The molecule has 0 aliphatic heterocycles. The number of ketones is 1. The summed E-state index contributed by atoms with van der Waals surface area (Å²) in [7, 11) is 0. The predicted molar refractivity (Wildman–Crippen MR) is 85.1 cm³/mol. The summed E-state index contributed by atoms with van der Waals surface area (Å²) in [5.41, 5.74) is 2.17. The van der Waals surface area contributed by atoms with E-state index in [-0.39, 0.29) is 11.6 Å². The number of hydrogen-bond donors (Lipinski definition) is 0. The van der Waals surface area contributed by atoms with E-state index in [1.807, 2.05) is 0 Å². The van der Waals surface area contributed by atoms with Crippen LogP contribution in [0.5, 0.6) is 5.75 Å². The molecule has 114 valence electrons. The summed E-state index contributed by atoms with van der Waals surface area (Å²) in [6, 6.07) is 10.8. The molecule has 0 bridgehead atoms. The Morgan fingerprint density at radius 2 is 1.86 bits per heavy atom. The van der Waals surface area contributed by atoms with Crippen molar-refractivity contribution in [2.45, 2.75) is 20.3 Å². The Morgan fingerprint density at radius 3 is 2.50 bits per heavy atom. The Bertz CT molecular complexity index is 711. The number of rotatable bonds is 5. The summed E-state index contributed by atoms with van der Waals surface area (Å²) < 4.78 is 12.8. The number of benzene rings is 2. The monoisotopic (exact) mass is 319 g/mol. The van der Waals surface area contributed by atoms with E-state index in [0.29, 0.717) is 22.9 Å². The van der Waals surface area contributed by atoms with Crippen molar-refractivity contribution in [1.82, 2.24) is 0 Å². The molecule has 0 heterocycles. The van der Waals surface area contributed by atoms with E-state index in [1.165, 1.54) is 31.2 Å². The fourth-order valence-corrected chi connectivity index (χ4v) is 2.15. The van der Waals surface area contributed by atoms with Crippen LogP contribution in [0.4, 0.5) is 4.39 Å². The van der Waals surface area contributed by atoms with Crippen LogP contribution >= 0.6 is 11.6 Å². The zero-order valence-corrected chi connectivity index (χ0v) is 13.0. The van der Waals surface area contributed by atoms with Gasteiger partial charge in [0, 0.05) is 17.0 Å². The quantitative estimate of drug-likeness (QED) is 0.604. The second-order valence-electron chi connectivity index (χ2n) is 4.90. The van der Waals surface area contributed by atoms with Crippen molar-refractivity contribution in [1.29, 1.82) is 0 Å². The maximum absolute atomic E-state index is 12.8. The minimum absolute atomic E-state index is 0.0517. The van der Waals surface area contributed by atoms with Crippen LogP contribution in [-0.4, -0.2) is 11.5 Å². The summed E-state index contributed by atoms with van der Waals surface area (Å²) >= 11 is 6.01. The first-order chi connectivity index (χ1) is 10.5. The van der Waals surface area contributed by atoms with Crippen molar-refractivity contribution in [2.24, 2.45) is 5.16 Å². The molecule has 0 amide bonds. The Labute approximate surface area is 133 Å². The maximum atomic E-state index is 12.8. The van der Waals surface area contributed by atoms with Gasteiger partial charge in [0.2, 0.25) is 0 Å². The number of nitrogens with zero attached hydrogens (tertiary/aromatic N) is 1. The molecule has 2 aromatic rings. The molecule has 22 heavy (non-hydrogen) atoms. The number of Topliss-reactive ketones (excluding diaryl/α,β-unsaturated/α-hetero) is 1. The zero-order valence-electron chi connectivity index (χ0n) is 12.3.